The highest BCUT2D eigenvalue weighted by atomic mass is 16.6. The first-order chi connectivity index (χ1) is 8.00. The fraction of sp³-hybridized carbons (Fsp3) is 0.333. The minimum absolute atomic E-state index is 0.291. The number of amides is 1. The largest absolute Gasteiger partial charge is 0.479 e. The van der Waals surface area contributed by atoms with Gasteiger partial charge in [-0.05, 0) is 19.4 Å². The third-order valence-corrected chi connectivity index (χ3v) is 1.98. The highest BCUT2D eigenvalue weighted by Crippen LogP contribution is 2.12. The molecule has 0 bridgehead atoms. The summed E-state index contributed by atoms with van der Waals surface area (Å²) < 4.78 is 4.84. The maximum Gasteiger partial charge on any atom is 0.408 e. The van der Waals surface area contributed by atoms with Crippen LogP contribution in [-0.4, -0.2) is 23.3 Å². The molecular weight excluding hydrogens is 222 g/mol. The van der Waals surface area contributed by atoms with Crippen molar-refractivity contribution in [3.05, 3.63) is 35.9 Å². The molecule has 92 valence electrons. The summed E-state index contributed by atoms with van der Waals surface area (Å²) in [5, 5.41) is 11.3. The zero-order valence-electron chi connectivity index (χ0n) is 9.71. The highest BCUT2D eigenvalue weighted by Gasteiger charge is 2.22. The van der Waals surface area contributed by atoms with Crippen LogP contribution in [0.5, 0.6) is 0 Å². The van der Waals surface area contributed by atoms with Crippen molar-refractivity contribution in [1.29, 1.82) is 0 Å². The molecule has 0 heterocycles. The molecule has 0 saturated carbocycles. The summed E-state index contributed by atoms with van der Waals surface area (Å²) >= 11 is 0. The van der Waals surface area contributed by atoms with Crippen LogP contribution in [0.2, 0.25) is 0 Å². The van der Waals surface area contributed by atoms with Gasteiger partial charge in [0.05, 0.1) is 6.10 Å². The minimum Gasteiger partial charge on any atom is -0.479 e. The molecule has 0 aliphatic carbocycles. The number of nitrogens with one attached hydrogen (secondary N) is 1. The topological polar surface area (TPSA) is 75.6 Å². The van der Waals surface area contributed by atoms with E-state index in [0.717, 1.165) is 0 Å². The van der Waals surface area contributed by atoms with E-state index in [0.29, 0.717) is 5.56 Å². The van der Waals surface area contributed by atoms with Crippen molar-refractivity contribution in [2.24, 2.45) is 0 Å². The van der Waals surface area contributed by atoms with E-state index in [4.69, 9.17) is 9.84 Å². The Morgan fingerprint density at radius 1 is 1.24 bits per heavy atom. The third-order valence-electron chi connectivity index (χ3n) is 1.98. The number of hydrogen-bond acceptors (Lipinski definition) is 3. The third kappa shape index (κ3) is 4.14. The maximum absolute atomic E-state index is 11.3. The van der Waals surface area contributed by atoms with E-state index >= 15 is 0 Å². The summed E-state index contributed by atoms with van der Waals surface area (Å²) in [5.74, 6) is -1.13. The Bertz CT molecular complexity index is 389. The Labute approximate surface area is 99.4 Å². The number of aliphatic carboxylic acids is 1. The molecule has 1 unspecified atom stereocenters. The lowest BCUT2D eigenvalue weighted by molar-refractivity contribution is -0.139. The zero-order valence-corrected chi connectivity index (χ0v) is 9.71. The SMILES string of the molecule is CC(C)OC(=O)NC(C(=O)O)c1ccccc1. The first-order valence-corrected chi connectivity index (χ1v) is 5.25. The van der Waals surface area contributed by atoms with Gasteiger partial charge in [0.1, 0.15) is 0 Å². The fourth-order valence-electron chi connectivity index (χ4n) is 1.30. The first kappa shape index (κ1) is 13.0. The van der Waals surface area contributed by atoms with Gasteiger partial charge in [0.25, 0.3) is 0 Å². The summed E-state index contributed by atoms with van der Waals surface area (Å²) in [5.41, 5.74) is 0.501. The van der Waals surface area contributed by atoms with Crippen molar-refractivity contribution in [2.45, 2.75) is 26.0 Å². The van der Waals surface area contributed by atoms with Gasteiger partial charge in [-0.25, -0.2) is 9.59 Å². The number of alkyl carbamates (subject to hydrolysis) is 1. The second-order valence-corrected chi connectivity index (χ2v) is 3.78. The lowest BCUT2D eigenvalue weighted by Crippen LogP contribution is -2.35. The van der Waals surface area contributed by atoms with Crippen LogP contribution >= 0.6 is 0 Å². The zero-order chi connectivity index (χ0) is 12.8. The van der Waals surface area contributed by atoms with Gasteiger partial charge in [-0.3, -0.25) is 0 Å². The van der Waals surface area contributed by atoms with Crippen LogP contribution in [0.1, 0.15) is 25.5 Å². The Kier molecular flexibility index (Phi) is 4.51. The summed E-state index contributed by atoms with van der Waals surface area (Å²) in [6, 6.07) is 7.36. The second-order valence-electron chi connectivity index (χ2n) is 3.78. The number of ether oxygens (including phenoxy) is 1. The summed E-state index contributed by atoms with van der Waals surface area (Å²) in [7, 11) is 0. The normalized spacial score (nSPS) is 11.9. The molecule has 1 aromatic rings. The summed E-state index contributed by atoms with van der Waals surface area (Å²) in [6.07, 6.45) is -1.03. The summed E-state index contributed by atoms with van der Waals surface area (Å²) in [6.45, 7) is 3.38. The van der Waals surface area contributed by atoms with Gasteiger partial charge in [-0.15, -0.1) is 0 Å². The van der Waals surface area contributed by atoms with Crippen LogP contribution in [0.15, 0.2) is 30.3 Å². The predicted octanol–water partition coefficient (Wildman–Crippen LogP) is 1.95. The number of carbonyl (C=O) groups excluding carboxylic acids is 1. The van der Waals surface area contributed by atoms with Gasteiger partial charge in [-0.2, -0.15) is 0 Å². The molecule has 0 saturated heterocycles. The molecule has 0 spiro atoms. The lowest BCUT2D eigenvalue weighted by Gasteiger charge is -2.16. The molecule has 2 N–H and O–H groups in total. The lowest BCUT2D eigenvalue weighted by atomic mass is 10.1. The van der Waals surface area contributed by atoms with Crippen molar-refractivity contribution in [2.75, 3.05) is 0 Å². The number of hydrogen-bond donors (Lipinski definition) is 2. The maximum atomic E-state index is 11.3. The van der Waals surface area contributed by atoms with Gasteiger partial charge in [0.15, 0.2) is 6.04 Å². The highest BCUT2D eigenvalue weighted by molar-refractivity contribution is 5.81. The molecule has 1 aromatic carbocycles. The van der Waals surface area contributed by atoms with Crippen molar-refractivity contribution in [3.8, 4) is 0 Å². The Balaban J connectivity index is 2.75. The average Bonchev–Trinajstić information content (AvgIpc) is 2.25. The van der Waals surface area contributed by atoms with Crippen LogP contribution in [0, 0.1) is 0 Å². The molecule has 5 nitrogen and oxygen atoms in total. The van der Waals surface area contributed by atoms with E-state index in [-0.39, 0.29) is 6.10 Å². The molecule has 5 heteroatoms. The van der Waals surface area contributed by atoms with Gasteiger partial charge in [0, 0.05) is 0 Å². The quantitative estimate of drug-likeness (QED) is 0.839. The average molecular weight is 237 g/mol. The van der Waals surface area contributed by atoms with Crippen LogP contribution in [-0.2, 0) is 9.53 Å². The van der Waals surface area contributed by atoms with E-state index < -0.39 is 18.1 Å². The molecule has 0 aliphatic rings. The first-order valence-electron chi connectivity index (χ1n) is 5.25. The van der Waals surface area contributed by atoms with E-state index in [2.05, 4.69) is 5.32 Å². The number of carbonyl (C=O) groups is 2. The Morgan fingerprint density at radius 3 is 2.29 bits per heavy atom. The van der Waals surface area contributed by atoms with Gasteiger partial charge in [0.2, 0.25) is 0 Å². The number of rotatable bonds is 4. The van der Waals surface area contributed by atoms with E-state index in [1.807, 2.05) is 0 Å². The molecule has 0 aromatic heterocycles. The molecular formula is C12H15NO4. The number of carboxylic acid groups (broad SMARTS) is 1. The molecule has 1 amide bonds. The van der Waals surface area contributed by atoms with Gasteiger partial charge >= 0.3 is 12.1 Å². The van der Waals surface area contributed by atoms with Crippen LogP contribution in [0.25, 0.3) is 0 Å². The van der Waals surface area contributed by atoms with Crippen LogP contribution in [0.3, 0.4) is 0 Å². The van der Waals surface area contributed by atoms with E-state index in [1.165, 1.54) is 0 Å². The molecule has 0 radical (unpaired) electrons. The van der Waals surface area contributed by atoms with Crippen molar-refractivity contribution in [1.82, 2.24) is 5.32 Å². The molecule has 0 aliphatic heterocycles. The summed E-state index contributed by atoms with van der Waals surface area (Å²) in [4.78, 5) is 22.4. The van der Waals surface area contributed by atoms with Crippen molar-refractivity contribution >= 4 is 12.1 Å². The molecule has 0 fully saturated rings. The second kappa shape index (κ2) is 5.89. The molecule has 17 heavy (non-hydrogen) atoms. The minimum atomic E-state index is -1.13. The standard InChI is InChI=1S/C12H15NO4/c1-8(2)17-12(16)13-10(11(14)15)9-6-4-3-5-7-9/h3-8,10H,1-2H3,(H,13,16)(H,14,15). The Hall–Kier alpha value is -2.04. The van der Waals surface area contributed by atoms with E-state index in [9.17, 15) is 9.59 Å². The molecule has 1 rings (SSSR count). The van der Waals surface area contributed by atoms with Crippen LogP contribution < -0.4 is 5.32 Å². The van der Waals surface area contributed by atoms with Crippen molar-refractivity contribution < 1.29 is 19.4 Å². The van der Waals surface area contributed by atoms with Crippen molar-refractivity contribution in [3.63, 3.8) is 0 Å². The molecule has 1 atom stereocenters. The fourth-order valence-corrected chi connectivity index (χ4v) is 1.30. The number of carboxylic acids is 1. The van der Waals surface area contributed by atoms with Gasteiger partial charge in [-0.1, -0.05) is 30.3 Å². The predicted molar refractivity (Wildman–Crippen MR) is 61.6 cm³/mol. The van der Waals surface area contributed by atoms with Gasteiger partial charge < -0.3 is 15.2 Å². The Morgan fingerprint density at radius 2 is 1.82 bits per heavy atom. The monoisotopic (exact) mass is 237 g/mol. The number of benzene rings is 1. The smallest absolute Gasteiger partial charge is 0.408 e. The van der Waals surface area contributed by atoms with Crippen LogP contribution in [0.4, 0.5) is 4.79 Å². The van der Waals surface area contributed by atoms with E-state index in [1.54, 1.807) is 44.2 Å².